The number of aromatic nitrogens is 2. The van der Waals surface area contributed by atoms with Gasteiger partial charge in [-0.3, -0.25) is 4.79 Å². The van der Waals surface area contributed by atoms with Gasteiger partial charge in [-0.2, -0.15) is 5.10 Å². The van der Waals surface area contributed by atoms with Crippen molar-refractivity contribution in [2.24, 2.45) is 0 Å². The fourth-order valence-corrected chi connectivity index (χ4v) is 4.53. The van der Waals surface area contributed by atoms with Crippen LogP contribution in [0.1, 0.15) is 31.1 Å². The third-order valence-electron chi connectivity index (χ3n) is 3.81. The maximum Gasteiger partial charge on any atom is 0.255 e. The Labute approximate surface area is 178 Å². The summed E-state index contributed by atoms with van der Waals surface area (Å²) in [4.78, 5) is 12.7. The Morgan fingerprint density at radius 2 is 1.72 bits per heavy atom. The molecule has 1 amide bonds. The zero-order valence-electron chi connectivity index (χ0n) is 16.2. The van der Waals surface area contributed by atoms with E-state index in [1.54, 1.807) is 80.3 Å². The molecule has 0 aliphatic carbocycles. The van der Waals surface area contributed by atoms with Gasteiger partial charge in [0.1, 0.15) is 4.90 Å². The lowest BCUT2D eigenvalue weighted by Gasteiger charge is -2.21. The van der Waals surface area contributed by atoms with Gasteiger partial charge in [-0.25, -0.2) is 17.8 Å². The number of nitrogens with one attached hydrogen (secondary N) is 2. The van der Waals surface area contributed by atoms with Crippen molar-refractivity contribution in [2.45, 2.75) is 31.2 Å². The van der Waals surface area contributed by atoms with Crippen molar-refractivity contribution < 1.29 is 13.2 Å². The first-order valence-corrected chi connectivity index (χ1v) is 11.1. The molecule has 0 fully saturated rings. The van der Waals surface area contributed by atoms with Crippen LogP contribution in [0.25, 0.3) is 5.69 Å². The lowest BCUT2D eigenvalue weighted by atomic mass is 10.1. The lowest BCUT2D eigenvalue weighted by molar-refractivity contribution is 0.102. The van der Waals surface area contributed by atoms with Gasteiger partial charge in [-0.15, -0.1) is 0 Å². The van der Waals surface area contributed by atoms with Crippen LogP contribution in [-0.2, 0) is 10.0 Å². The van der Waals surface area contributed by atoms with Crippen molar-refractivity contribution in [3.8, 4) is 5.69 Å². The van der Waals surface area contributed by atoms with E-state index >= 15 is 0 Å². The fourth-order valence-electron chi connectivity index (χ4n) is 2.66. The standard InChI is InChI=1S/C20H21BrN4O3S/c1-20(2,3)24-29(27,28)18-7-5-4-6-17(18)23-19(26)14-8-10-16(11-9-14)25-13-15(21)12-22-25/h4-13,24H,1-3H3,(H,23,26). The van der Waals surface area contributed by atoms with Gasteiger partial charge < -0.3 is 5.32 Å². The highest BCUT2D eigenvalue weighted by Crippen LogP contribution is 2.23. The summed E-state index contributed by atoms with van der Waals surface area (Å²) < 4.78 is 30.5. The van der Waals surface area contributed by atoms with Crippen LogP contribution in [0, 0.1) is 0 Å². The second-order valence-electron chi connectivity index (χ2n) is 7.46. The topological polar surface area (TPSA) is 93.1 Å². The number of para-hydroxylation sites is 1. The minimum absolute atomic E-state index is 0.0151. The average molecular weight is 477 g/mol. The number of carbonyl (C=O) groups excluding carboxylic acids is 1. The van der Waals surface area contributed by atoms with Crippen LogP contribution in [0.3, 0.4) is 0 Å². The number of hydrogen-bond donors (Lipinski definition) is 2. The van der Waals surface area contributed by atoms with Crippen LogP contribution in [0.4, 0.5) is 5.69 Å². The van der Waals surface area contributed by atoms with Gasteiger partial charge in [0.15, 0.2) is 0 Å². The summed E-state index contributed by atoms with van der Waals surface area (Å²) in [5, 5.41) is 6.89. The van der Waals surface area contributed by atoms with E-state index in [2.05, 4.69) is 31.1 Å². The molecule has 152 valence electrons. The molecule has 0 saturated carbocycles. The van der Waals surface area contributed by atoms with E-state index in [-0.39, 0.29) is 10.6 Å². The van der Waals surface area contributed by atoms with Gasteiger partial charge in [-0.05, 0) is 73.1 Å². The number of rotatable bonds is 5. The Bertz CT molecular complexity index is 1130. The van der Waals surface area contributed by atoms with Crippen molar-refractivity contribution in [1.29, 1.82) is 0 Å². The van der Waals surface area contributed by atoms with Crippen LogP contribution < -0.4 is 10.0 Å². The lowest BCUT2D eigenvalue weighted by Crippen LogP contribution is -2.40. The van der Waals surface area contributed by atoms with Crippen molar-refractivity contribution in [1.82, 2.24) is 14.5 Å². The largest absolute Gasteiger partial charge is 0.321 e. The van der Waals surface area contributed by atoms with E-state index in [1.807, 2.05) is 0 Å². The van der Waals surface area contributed by atoms with Gasteiger partial charge >= 0.3 is 0 Å². The molecule has 0 aliphatic rings. The molecule has 0 radical (unpaired) electrons. The Balaban J connectivity index is 1.83. The number of hydrogen-bond acceptors (Lipinski definition) is 4. The first-order chi connectivity index (χ1) is 13.5. The van der Waals surface area contributed by atoms with Crippen molar-refractivity contribution >= 4 is 37.5 Å². The summed E-state index contributed by atoms with van der Waals surface area (Å²) in [6.07, 6.45) is 3.47. The molecule has 0 atom stereocenters. The molecular weight excluding hydrogens is 456 g/mol. The van der Waals surface area contributed by atoms with E-state index in [1.165, 1.54) is 6.07 Å². The highest BCUT2D eigenvalue weighted by atomic mass is 79.9. The monoisotopic (exact) mass is 476 g/mol. The molecule has 7 nitrogen and oxygen atoms in total. The van der Waals surface area contributed by atoms with Crippen LogP contribution in [0.15, 0.2) is 70.3 Å². The zero-order chi connectivity index (χ0) is 21.2. The third-order valence-corrected chi connectivity index (χ3v) is 6.04. The number of halogens is 1. The number of nitrogens with zero attached hydrogens (tertiary/aromatic N) is 2. The fraction of sp³-hybridized carbons (Fsp3) is 0.200. The molecule has 0 bridgehead atoms. The second-order valence-corrected chi connectivity index (χ2v) is 10.0. The Hall–Kier alpha value is -2.49. The van der Waals surface area contributed by atoms with Crippen LogP contribution in [0.2, 0.25) is 0 Å². The molecule has 3 aromatic rings. The maximum absolute atomic E-state index is 12.7. The molecule has 2 aromatic carbocycles. The maximum atomic E-state index is 12.7. The van der Waals surface area contributed by atoms with Gasteiger partial charge in [0, 0.05) is 17.3 Å². The van der Waals surface area contributed by atoms with Crippen LogP contribution >= 0.6 is 15.9 Å². The summed E-state index contributed by atoms with van der Waals surface area (Å²) >= 11 is 3.34. The molecular formula is C20H21BrN4O3S. The molecule has 9 heteroatoms. The van der Waals surface area contributed by atoms with Crippen molar-refractivity contribution in [3.05, 3.63) is 71.0 Å². The summed E-state index contributed by atoms with van der Waals surface area (Å²) in [6.45, 7) is 5.27. The molecule has 0 spiro atoms. The van der Waals surface area contributed by atoms with E-state index in [0.29, 0.717) is 5.56 Å². The van der Waals surface area contributed by atoms with Gasteiger partial charge in [-0.1, -0.05) is 12.1 Å². The zero-order valence-corrected chi connectivity index (χ0v) is 18.6. The molecule has 0 saturated heterocycles. The van der Waals surface area contributed by atoms with E-state index in [4.69, 9.17) is 0 Å². The predicted molar refractivity (Wildman–Crippen MR) is 116 cm³/mol. The molecule has 1 heterocycles. The van der Waals surface area contributed by atoms with Crippen LogP contribution in [0.5, 0.6) is 0 Å². The molecule has 1 aromatic heterocycles. The first kappa shape index (κ1) is 21.2. The second kappa shape index (κ2) is 8.10. The van der Waals surface area contributed by atoms with E-state index < -0.39 is 21.5 Å². The van der Waals surface area contributed by atoms with Gasteiger partial charge in [0.05, 0.1) is 22.0 Å². The highest BCUT2D eigenvalue weighted by molar-refractivity contribution is 9.10. The number of amides is 1. The summed E-state index contributed by atoms with van der Waals surface area (Å²) in [6, 6.07) is 13.1. The predicted octanol–water partition coefficient (Wildman–Crippen LogP) is 3.96. The molecule has 0 aliphatic heterocycles. The molecule has 29 heavy (non-hydrogen) atoms. The average Bonchev–Trinajstić information content (AvgIpc) is 3.06. The minimum atomic E-state index is -3.80. The number of benzene rings is 2. The van der Waals surface area contributed by atoms with Crippen LogP contribution in [-0.4, -0.2) is 29.6 Å². The third kappa shape index (κ3) is 5.31. The van der Waals surface area contributed by atoms with E-state index in [9.17, 15) is 13.2 Å². The molecule has 2 N–H and O–H groups in total. The SMILES string of the molecule is CC(C)(C)NS(=O)(=O)c1ccccc1NC(=O)c1ccc(-n2cc(Br)cn2)cc1. The first-order valence-electron chi connectivity index (χ1n) is 8.80. The van der Waals surface area contributed by atoms with Gasteiger partial charge in [0.25, 0.3) is 5.91 Å². The molecule has 3 rings (SSSR count). The number of sulfonamides is 1. The Morgan fingerprint density at radius 3 is 2.31 bits per heavy atom. The summed E-state index contributed by atoms with van der Waals surface area (Å²) in [5.41, 5.74) is 0.766. The summed E-state index contributed by atoms with van der Waals surface area (Å²) in [5.74, 6) is -0.406. The normalized spacial score (nSPS) is 12.0. The minimum Gasteiger partial charge on any atom is -0.321 e. The smallest absolute Gasteiger partial charge is 0.255 e. The number of anilines is 1. The van der Waals surface area contributed by atoms with Crippen molar-refractivity contribution in [3.63, 3.8) is 0 Å². The Morgan fingerprint density at radius 1 is 1.07 bits per heavy atom. The number of carbonyl (C=O) groups is 1. The quantitative estimate of drug-likeness (QED) is 0.582. The van der Waals surface area contributed by atoms with E-state index in [0.717, 1.165) is 10.2 Å². The van der Waals surface area contributed by atoms with Gasteiger partial charge in [0.2, 0.25) is 10.0 Å². The molecule has 0 unspecified atom stereocenters. The Kier molecular flexibility index (Phi) is 5.92. The summed E-state index contributed by atoms with van der Waals surface area (Å²) in [7, 11) is -3.80. The van der Waals surface area contributed by atoms with Crippen molar-refractivity contribution in [2.75, 3.05) is 5.32 Å². The highest BCUT2D eigenvalue weighted by Gasteiger charge is 2.25.